The standard InChI is InChI=1S/C15H19FN2/c16-14-5-1-13(2-6-14)11-18-15-7-3-12(4-8-15)9-10-17/h1-2,5-6,12,15,18H,3-4,7-9,11H2/t12-,15-. The zero-order valence-electron chi connectivity index (χ0n) is 10.5. The first kappa shape index (κ1) is 13.0. The predicted octanol–water partition coefficient (Wildman–Crippen LogP) is 3.39. The molecule has 0 atom stereocenters. The van der Waals surface area contributed by atoms with Crippen LogP contribution in [-0.4, -0.2) is 6.04 Å². The Morgan fingerprint density at radius 3 is 2.44 bits per heavy atom. The van der Waals surface area contributed by atoms with Crippen LogP contribution in [0.2, 0.25) is 0 Å². The lowest BCUT2D eigenvalue weighted by Gasteiger charge is -2.28. The average Bonchev–Trinajstić information content (AvgIpc) is 2.40. The highest BCUT2D eigenvalue weighted by Crippen LogP contribution is 2.26. The molecule has 1 N–H and O–H groups in total. The lowest BCUT2D eigenvalue weighted by atomic mass is 9.84. The highest BCUT2D eigenvalue weighted by molar-refractivity contribution is 5.15. The molecule has 1 saturated carbocycles. The first-order chi connectivity index (χ1) is 8.78. The molecule has 2 nitrogen and oxygen atoms in total. The number of nitrogens with one attached hydrogen (secondary N) is 1. The lowest BCUT2D eigenvalue weighted by molar-refractivity contribution is 0.294. The number of halogens is 1. The van der Waals surface area contributed by atoms with Crippen molar-refractivity contribution in [2.45, 2.75) is 44.7 Å². The van der Waals surface area contributed by atoms with Crippen LogP contribution in [0.3, 0.4) is 0 Å². The van der Waals surface area contributed by atoms with Crippen LogP contribution in [0, 0.1) is 23.1 Å². The second-order valence-corrected chi connectivity index (χ2v) is 5.09. The van der Waals surface area contributed by atoms with Crippen LogP contribution in [0.5, 0.6) is 0 Å². The van der Waals surface area contributed by atoms with Gasteiger partial charge in [-0.3, -0.25) is 0 Å². The molecule has 0 spiro atoms. The molecule has 0 radical (unpaired) electrons. The molecular weight excluding hydrogens is 227 g/mol. The van der Waals surface area contributed by atoms with E-state index in [0.29, 0.717) is 18.4 Å². The van der Waals surface area contributed by atoms with Gasteiger partial charge in [0.05, 0.1) is 6.07 Å². The summed E-state index contributed by atoms with van der Waals surface area (Å²) in [5, 5.41) is 12.2. The van der Waals surface area contributed by atoms with Crippen LogP contribution in [0.15, 0.2) is 24.3 Å². The normalized spacial score (nSPS) is 23.6. The maximum Gasteiger partial charge on any atom is 0.123 e. The monoisotopic (exact) mass is 246 g/mol. The molecule has 0 unspecified atom stereocenters. The van der Waals surface area contributed by atoms with Gasteiger partial charge in [-0.05, 0) is 49.3 Å². The highest BCUT2D eigenvalue weighted by Gasteiger charge is 2.20. The Labute approximate surface area is 108 Å². The average molecular weight is 246 g/mol. The predicted molar refractivity (Wildman–Crippen MR) is 69.2 cm³/mol. The molecule has 0 aromatic heterocycles. The largest absolute Gasteiger partial charge is 0.310 e. The zero-order chi connectivity index (χ0) is 12.8. The molecule has 96 valence electrons. The summed E-state index contributed by atoms with van der Waals surface area (Å²) in [7, 11) is 0. The summed E-state index contributed by atoms with van der Waals surface area (Å²) >= 11 is 0. The molecule has 0 bridgehead atoms. The third-order valence-electron chi connectivity index (χ3n) is 3.73. The Morgan fingerprint density at radius 2 is 1.83 bits per heavy atom. The Hall–Kier alpha value is -1.40. The van der Waals surface area contributed by atoms with Crippen molar-refractivity contribution in [2.75, 3.05) is 0 Å². The van der Waals surface area contributed by atoms with E-state index in [-0.39, 0.29) is 5.82 Å². The highest BCUT2D eigenvalue weighted by atomic mass is 19.1. The summed E-state index contributed by atoms with van der Waals surface area (Å²) in [4.78, 5) is 0. The van der Waals surface area contributed by atoms with Crippen molar-refractivity contribution in [1.29, 1.82) is 5.26 Å². The van der Waals surface area contributed by atoms with Crippen molar-refractivity contribution >= 4 is 0 Å². The van der Waals surface area contributed by atoms with E-state index in [1.165, 1.54) is 12.1 Å². The van der Waals surface area contributed by atoms with Crippen molar-refractivity contribution in [1.82, 2.24) is 5.32 Å². The Kier molecular flexibility index (Phi) is 4.72. The summed E-state index contributed by atoms with van der Waals surface area (Å²) in [6, 6.07) is 9.45. The van der Waals surface area contributed by atoms with E-state index < -0.39 is 0 Å². The van der Waals surface area contributed by atoms with E-state index in [2.05, 4.69) is 11.4 Å². The minimum Gasteiger partial charge on any atom is -0.310 e. The van der Waals surface area contributed by atoms with E-state index in [9.17, 15) is 4.39 Å². The molecule has 1 aliphatic rings. The number of hydrogen-bond donors (Lipinski definition) is 1. The zero-order valence-corrected chi connectivity index (χ0v) is 10.5. The van der Waals surface area contributed by atoms with E-state index in [4.69, 9.17) is 5.26 Å². The summed E-state index contributed by atoms with van der Waals surface area (Å²) in [6.45, 7) is 0.799. The van der Waals surface area contributed by atoms with Crippen LogP contribution in [0.4, 0.5) is 4.39 Å². The molecular formula is C15H19FN2. The minimum atomic E-state index is -0.184. The number of hydrogen-bond acceptors (Lipinski definition) is 2. The van der Waals surface area contributed by atoms with E-state index >= 15 is 0 Å². The number of rotatable bonds is 4. The molecule has 1 aromatic rings. The van der Waals surface area contributed by atoms with Gasteiger partial charge in [-0.15, -0.1) is 0 Å². The Balaban J connectivity index is 1.72. The number of nitrogens with zero attached hydrogens (tertiary/aromatic N) is 1. The molecule has 1 fully saturated rings. The molecule has 3 heteroatoms. The number of benzene rings is 1. The second kappa shape index (κ2) is 6.51. The Morgan fingerprint density at radius 1 is 1.17 bits per heavy atom. The van der Waals surface area contributed by atoms with E-state index in [1.54, 1.807) is 0 Å². The van der Waals surface area contributed by atoms with Crippen LogP contribution in [0.25, 0.3) is 0 Å². The van der Waals surface area contributed by atoms with Crippen LogP contribution in [-0.2, 0) is 6.54 Å². The van der Waals surface area contributed by atoms with Gasteiger partial charge in [0.15, 0.2) is 0 Å². The molecule has 18 heavy (non-hydrogen) atoms. The fourth-order valence-corrected chi connectivity index (χ4v) is 2.56. The smallest absolute Gasteiger partial charge is 0.123 e. The first-order valence-electron chi connectivity index (χ1n) is 6.62. The minimum absolute atomic E-state index is 0.184. The van der Waals surface area contributed by atoms with Crippen LogP contribution in [0.1, 0.15) is 37.7 Å². The summed E-state index contributed by atoms with van der Waals surface area (Å²) in [6.07, 6.45) is 5.29. The SMILES string of the molecule is N#CC[C@H]1CC[C@H](NCc2ccc(F)cc2)CC1. The van der Waals surface area contributed by atoms with Gasteiger partial charge in [0.25, 0.3) is 0 Å². The van der Waals surface area contributed by atoms with Crippen molar-refractivity contribution in [3.63, 3.8) is 0 Å². The van der Waals surface area contributed by atoms with Crippen molar-refractivity contribution < 1.29 is 4.39 Å². The van der Waals surface area contributed by atoms with E-state index in [0.717, 1.165) is 37.8 Å². The van der Waals surface area contributed by atoms with Gasteiger partial charge in [0.1, 0.15) is 5.82 Å². The van der Waals surface area contributed by atoms with Crippen LogP contribution < -0.4 is 5.32 Å². The van der Waals surface area contributed by atoms with E-state index in [1.807, 2.05) is 12.1 Å². The van der Waals surface area contributed by atoms with Crippen molar-refractivity contribution in [2.24, 2.45) is 5.92 Å². The first-order valence-corrected chi connectivity index (χ1v) is 6.62. The molecule has 0 heterocycles. The lowest BCUT2D eigenvalue weighted by Crippen LogP contribution is -2.32. The fraction of sp³-hybridized carbons (Fsp3) is 0.533. The van der Waals surface area contributed by atoms with Gasteiger partial charge < -0.3 is 5.32 Å². The summed E-state index contributed by atoms with van der Waals surface area (Å²) < 4.78 is 12.8. The van der Waals surface area contributed by atoms with Crippen molar-refractivity contribution in [3.8, 4) is 6.07 Å². The fourth-order valence-electron chi connectivity index (χ4n) is 2.56. The van der Waals surface area contributed by atoms with Gasteiger partial charge >= 0.3 is 0 Å². The maximum absolute atomic E-state index is 12.8. The second-order valence-electron chi connectivity index (χ2n) is 5.09. The molecule has 1 aromatic carbocycles. The molecule has 2 rings (SSSR count). The third-order valence-corrected chi connectivity index (χ3v) is 3.73. The molecule has 0 aliphatic heterocycles. The quantitative estimate of drug-likeness (QED) is 0.884. The van der Waals surface area contributed by atoms with Gasteiger partial charge in [0.2, 0.25) is 0 Å². The summed E-state index contributed by atoms with van der Waals surface area (Å²) in [5.41, 5.74) is 1.12. The Bertz CT molecular complexity index is 399. The van der Waals surface area contributed by atoms with Gasteiger partial charge in [-0.1, -0.05) is 12.1 Å². The number of nitriles is 1. The molecule has 1 aliphatic carbocycles. The summed E-state index contributed by atoms with van der Waals surface area (Å²) in [5.74, 6) is 0.412. The maximum atomic E-state index is 12.8. The van der Waals surface area contributed by atoms with Gasteiger partial charge in [-0.2, -0.15) is 5.26 Å². The van der Waals surface area contributed by atoms with Crippen LogP contribution >= 0.6 is 0 Å². The molecule has 0 amide bonds. The van der Waals surface area contributed by atoms with Gasteiger partial charge in [0, 0.05) is 19.0 Å². The van der Waals surface area contributed by atoms with Crippen molar-refractivity contribution in [3.05, 3.63) is 35.6 Å². The van der Waals surface area contributed by atoms with Gasteiger partial charge in [-0.25, -0.2) is 4.39 Å². The molecule has 0 saturated heterocycles. The third kappa shape index (κ3) is 3.82. The topological polar surface area (TPSA) is 35.8 Å².